The van der Waals surface area contributed by atoms with Gasteiger partial charge in [-0.2, -0.15) is 0 Å². The largest absolute Gasteiger partial charge is 0.469 e. The molecule has 6 rings (SSSR count). The fourth-order valence-corrected chi connectivity index (χ4v) is 4.90. The molecule has 5 aromatic rings. The number of nitrogens with zero attached hydrogens (tertiary/aromatic N) is 3. The van der Waals surface area contributed by atoms with Crippen molar-refractivity contribution in [3.8, 4) is 22.4 Å². The molecule has 2 heterocycles. The van der Waals surface area contributed by atoms with Gasteiger partial charge in [-0.1, -0.05) is 115 Å². The molecule has 41 heavy (non-hydrogen) atoms. The summed E-state index contributed by atoms with van der Waals surface area (Å²) in [5, 5.41) is 5.12. The van der Waals surface area contributed by atoms with Gasteiger partial charge in [0.15, 0.2) is 5.84 Å². The molecule has 0 amide bonds. The molecule has 0 atom stereocenters. The van der Waals surface area contributed by atoms with Crippen molar-refractivity contribution >= 4 is 23.1 Å². The molecule has 0 bridgehead atoms. The molecule has 0 saturated heterocycles. The van der Waals surface area contributed by atoms with Gasteiger partial charge in [-0.3, -0.25) is 4.79 Å². The summed E-state index contributed by atoms with van der Waals surface area (Å²) in [5.41, 5.74) is 9.19. The van der Waals surface area contributed by atoms with Gasteiger partial charge >= 0.3 is 5.97 Å². The third-order valence-corrected chi connectivity index (χ3v) is 7.11. The van der Waals surface area contributed by atoms with Gasteiger partial charge in [-0.25, -0.2) is 9.67 Å². The average Bonchev–Trinajstić information content (AvgIpc) is 3.66. The molecule has 0 N–H and O–H groups in total. The highest BCUT2D eigenvalue weighted by molar-refractivity contribution is 6.37. The Kier molecular flexibility index (Phi) is 7.50. The molecule has 1 aliphatic heterocycles. The normalized spacial score (nSPS) is 13.6. The first-order chi connectivity index (χ1) is 20.2. The zero-order valence-corrected chi connectivity index (χ0v) is 22.8. The van der Waals surface area contributed by atoms with E-state index < -0.39 is 0 Å². The molecule has 1 aromatic heterocycles. The molecule has 0 radical (unpaired) electrons. The van der Waals surface area contributed by atoms with Gasteiger partial charge < -0.3 is 4.74 Å². The number of hydrogen-bond donors (Lipinski definition) is 0. The van der Waals surface area contributed by atoms with Crippen LogP contribution in [0.5, 0.6) is 0 Å². The van der Waals surface area contributed by atoms with Gasteiger partial charge in [-0.05, 0) is 35.3 Å². The van der Waals surface area contributed by atoms with E-state index in [2.05, 4.69) is 79.0 Å². The summed E-state index contributed by atoms with van der Waals surface area (Å²) in [7, 11) is 1.42. The Balaban J connectivity index is 1.43. The summed E-state index contributed by atoms with van der Waals surface area (Å²) >= 11 is 0. The minimum atomic E-state index is -0.210. The van der Waals surface area contributed by atoms with Crippen LogP contribution in [0.25, 0.3) is 28.0 Å². The van der Waals surface area contributed by atoms with Crippen LogP contribution in [-0.4, -0.2) is 29.3 Å². The van der Waals surface area contributed by atoms with Crippen molar-refractivity contribution in [2.45, 2.75) is 12.8 Å². The van der Waals surface area contributed by atoms with Crippen LogP contribution in [0, 0.1) is 0 Å². The Morgan fingerprint density at radius 1 is 0.732 bits per heavy atom. The molecular weight excluding hydrogens is 506 g/mol. The zero-order valence-electron chi connectivity index (χ0n) is 22.8. The first kappa shape index (κ1) is 26.0. The van der Waals surface area contributed by atoms with Gasteiger partial charge in [0.05, 0.1) is 18.5 Å². The Hall–Kier alpha value is -5.29. The topological polar surface area (TPSA) is 55.9 Å². The standard InChI is InChI=1S/C36H29N3O2/c1-41-35(40)22-19-26-17-20-28(21-18-26)32-24-33(29-13-7-3-8-14-29)37-36(32)38-39-25-31(27-11-5-2-6-12-27)23-34(39)30-15-9-4-10-16-30/h2-18,20-21,23-25H,19,22H2,1H3/b38-36-. The van der Waals surface area contributed by atoms with E-state index in [1.54, 1.807) is 0 Å². The van der Waals surface area contributed by atoms with Gasteiger partial charge in [0.25, 0.3) is 0 Å². The van der Waals surface area contributed by atoms with Crippen molar-refractivity contribution in [2.24, 2.45) is 10.1 Å². The summed E-state index contributed by atoms with van der Waals surface area (Å²) in [6.45, 7) is 0. The number of amidine groups is 1. The third kappa shape index (κ3) is 5.85. The summed E-state index contributed by atoms with van der Waals surface area (Å²) < 4.78 is 6.73. The number of ether oxygens (including phenoxy) is 1. The molecule has 5 nitrogen and oxygen atoms in total. The monoisotopic (exact) mass is 535 g/mol. The lowest BCUT2D eigenvalue weighted by molar-refractivity contribution is -0.140. The lowest BCUT2D eigenvalue weighted by Crippen LogP contribution is -2.03. The number of carbonyl (C=O) groups is 1. The maximum atomic E-state index is 11.6. The number of carbonyl (C=O) groups excluding carboxylic acids is 1. The van der Waals surface area contributed by atoms with Gasteiger partial charge in [0, 0.05) is 34.9 Å². The maximum absolute atomic E-state index is 11.6. The van der Waals surface area contributed by atoms with Crippen LogP contribution in [0.15, 0.2) is 144 Å². The molecule has 0 spiro atoms. The second-order valence-corrected chi connectivity index (χ2v) is 9.81. The van der Waals surface area contributed by atoms with E-state index in [1.165, 1.54) is 7.11 Å². The summed E-state index contributed by atoms with van der Waals surface area (Å²) in [4.78, 5) is 16.6. The van der Waals surface area contributed by atoms with E-state index in [-0.39, 0.29) is 5.97 Å². The minimum Gasteiger partial charge on any atom is -0.469 e. The number of rotatable bonds is 8. The SMILES string of the molecule is COC(=O)CCc1ccc(C2=CC(c3ccccc3)=N/C2=N\n2cc(-c3ccccc3)cc2-c2ccccc2)cc1. The predicted octanol–water partition coefficient (Wildman–Crippen LogP) is 7.68. The fraction of sp³-hybridized carbons (Fsp3) is 0.0833. The van der Waals surface area contributed by atoms with E-state index >= 15 is 0 Å². The van der Waals surface area contributed by atoms with Crippen molar-refractivity contribution in [1.82, 2.24) is 4.68 Å². The van der Waals surface area contributed by atoms with Crippen LogP contribution >= 0.6 is 0 Å². The highest BCUT2D eigenvalue weighted by Crippen LogP contribution is 2.31. The quantitative estimate of drug-likeness (QED) is 0.191. The molecule has 200 valence electrons. The summed E-state index contributed by atoms with van der Waals surface area (Å²) in [6.07, 6.45) is 5.15. The Morgan fingerprint density at radius 2 is 1.34 bits per heavy atom. The number of benzene rings is 4. The van der Waals surface area contributed by atoms with Crippen LogP contribution < -0.4 is 0 Å². The molecule has 5 heteroatoms. The van der Waals surface area contributed by atoms with Crippen LogP contribution in [0.1, 0.15) is 23.1 Å². The van der Waals surface area contributed by atoms with Crippen molar-refractivity contribution in [2.75, 3.05) is 7.11 Å². The van der Waals surface area contributed by atoms with E-state index in [0.717, 1.165) is 50.4 Å². The van der Waals surface area contributed by atoms with Crippen molar-refractivity contribution in [3.05, 3.63) is 150 Å². The molecular formula is C36H29N3O2. The Labute approximate surface area is 239 Å². The van der Waals surface area contributed by atoms with E-state index in [1.807, 2.05) is 59.3 Å². The van der Waals surface area contributed by atoms with Crippen molar-refractivity contribution in [3.63, 3.8) is 0 Å². The van der Waals surface area contributed by atoms with Crippen LogP contribution in [-0.2, 0) is 16.0 Å². The molecule has 4 aromatic carbocycles. The maximum Gasteiger partial charge on any atom is 0.305 e. The smallest absolute Gasteiger partial charge is 0.305 e. The number of aromatic nitrogens is 1. The van der Waals surface area contributed by atoms with Crippen LogP contribution in [0.4, 0.5) is 0 Å². The highest BCUT2D eigenvalue weighted by Gasteiger charge is 2.20. The van der Waals surface area contributed by atoms with Gasteiger partial charge in [0.2, 0.25) is 0 Å². The summed E-state index contributed by atoms with van der Waals surface area (Å²) in [5.74, 6) is 0.428. The molecule has 0 unspecified atom stereocenters. The molecule has 1 aliphatic rings. The Morgan fingerprint density at radius 3 is 1.98 bits per heavy atom. The van der Waals surface area contributed by atoms with E-state index in [9.17, 15) is 4.79 Å². The van der Waals surface area contributed by atoms with Crippen LogP contribution in [0.2, 0.25) is 0 Å². The Bertz CT molecular complexity index is 1750. The minimum absolute atomic E-state index is 0.210. The average molecular weight is 536 g/mol. The molecule has 0 aliphatic carbocycles. The lowest BCUT2D eigenvalue weighted by atomic mass is 10.0. The second kappa shape index (κ2) is 11.8. The highest BCUT2D eigenvalue weighted by atomic mass is 16.5. The zero-order chi connectivity index (χ0) is 28.0. The van der Waals surface area contributed by atoms with Crippen molar-refractivity contribution < 1.29 is 9.53 Å². The van der Waals surface area contributed by atoms with Gasteiger partial charge in [0.1, 0.15) is 0 Å². The van der Waals surface area contributed by atoms with E-state index in [4.69, 9.17) is 14.8 Å². The first-order valence-corrected chi connectivity index (χ1v) is 13.6. The summed E-state index contributed by atoms with van der Waals surface area (Å²) in [6, 6.07) is 41.2. The number of allylic oxidation sites excluding steroid dienone is 1. The number of aryl methyl sites for hydroxylation is 1. The molecule has 0 saturated carbocycles. The lowest BCUT2D eigenvalue weighted by Gasteiger charge is -2.08. The number of hydrogen-bond acceptors (Lipinski definition) is 3. The fourth-order valence-electron chi connectivity index (χ4n) is 4.90. The first-order valence-electron chi connectivity index (χ1n) is 13.6. The van der Waals surface area contributed by atoms with E-state index in [0.29, 0.717) is 18.7 Å². The second-order valence-electron chi connectivity index (χ2n) is 9.81. The third-order valence-electron chi connectivity index (χ3n) is 7.11. The predicted molar refractivity (Wildman–Crippen MR) is 166 cm³/mol. The number of aliphatic imine (C=N–C) groups is 1. The number of methoxy groups -OCH3 is 1. The van der Waals surface area contributed by atoms with Crippen LogP contribution in [0.3, 0.4) is 0 Å². The number of esters is 1. The molecule has 0 fully saturated rings. The van der Waals surface area contributed by atoms with Gasteiger partial charge in [-0.15, -0.1) is 5.10 Å². The van der Waals surface area contributed by atoms with Crippen molar-refractivity contribution in [1.29, 1.82) is 0 Å².